The highest BCUT2D eigenvalue weighted by Crippen LogP contribution is 2.44. The van der Waals surface area contributed by atoms with E-state index in [2.05, 4.69) is 10.2 Å². The van der Waals surface area contributed by atoms with E-state index in [4.69, 9.17) is 27.9 Å². The summed E-state index contributed by atoms with van der Waals surface area (Å²) in [6.45, 7) is 0.385. The number of Topliss-reactive ketones (excluding diaryl/α,β-unsaturated/α-hetero) is 1. The van der Waals surface area contributed by atoms with Gasteiger partial charge in [-0.3, -0.25) is 14.5 Å². The first kappa shape index (κ1) is 29.9. The van der Waals surface area contributed by atoms with Gasteiger partial charge >= 0.3 is 5.91 Å². The highest BCUT2D eigenvalue weighted by atomic mass is 35.5. The number of aliphatic hydroxyl groups is 1. The molecule has 0 radical (unpaired) electrons. The van der Waals surface area contributed by atoms with Gasteiger partial charge in [0.2, 0.25) is 5.13 Å². The Morgan fingerprint density at radius 3 is 2.18 bits per heavy atom. The van der Waals surface area contributed by atoms with E-state index in [1.165, 1.54) is 28.0 Å². The van der Waals surface area contributed by atoms with Crippen LogP contribution in [0.5, 0.6) is 5.75 Å². The largest absolute Gasteiger partial charge is 0.507 e. The molecule has 1 atom stereocenters. The second kappa shape index (κ2) is 13.2. The molecule has 6 rings (SSSR count). The third kappa shape index (κ3) is 6.51. The molecule has 7 nitrogen and oxygen atoms in total. The highest BCUT2D eigenvalue weighted by molar-refractivity contribution is 8.00. The number of ether oxygens (including phenoxy) is 1. The summed E-state index contributed by atoms with van der Waals surface area (Å²) in [4.78, 5) is 28.3. The SMILES string of the molecule is O=C1C(=O)N(c2nnc(SCc3ccc(Cl)cc3)s2)C(c2ccc(OCc3ccccc3)cc2)/C1=C(/O)c1ccc(Cl)cc1. The maximum atomic E-state index is 13.5. The van der Waals surface area contributed by atoms with Crippen molar-refractivity contribution in [3.05, 3.63) is 141 Å². The number of aliphatic hydroxyl groups excluding tert-OH is 1. The third-order valence-electron chi connectivity index (χ3n) is 6.88. The van der Waals surface area contributed by atoms with Crippen LogP contribution in [-0.4, -0.2) is 27.0 Å². The molecular weight excluding hydrogens is 637 g/mol. The van der Waals surface area contributed by atoms with Crippen LogP contribution in [0.15, 0.2) is 113 Å². The molecule has 1 aromatic heterocycles. The van der Waals surface area contributed by atoms with Gasteiger partial charge in [0.25, 0.3) is 5.78 Å². The van der Waals surface area contributed by atoms with E-state index in [0.29, 0.717) is 43.6 Å². The summed E-state index contributed by atoms with van der Waals surface area (Å²) in [5, 5.41) is 21.3. The smallest absolute Gasteiger partial charge is 0.301 e. The molecule has 1 aliphatic heterocycles. The van der Waals surface area contributed by atoms with Crippen LogP contribution >= 0.6 is 46.3 Å². The summed E-state index contributed by atoms with van der Waals surface area (Å²) in [6.07, 6.45) is 0. The van der Waals surface area contributed by atoms with Crippen molar-refractivity contribution in [1.82, 2.24) is 10.2 Å². The normalized spacial score (nSPS) is 16.0. The van der Waals surface area contributed by atoms with Gasteiger partial charge in [-0.15, -0.1) is 10.2 Å². The number of anilines is 1. The molecule has 1 amide bonds. The van der Waals surface area contributed by atoms with Crippen LogP contribution in [0.3, 0.4) is 0 Å². The minimum absolute atomic E-state index is 0.0548. The fourth-order valence-electron chi connectivity index (χ4n) is 4.68. The lowest BCUT2D eigenvalue weighted by atomic mass is 9.95. The van der Waals surface area contributed by atoms with Crippen molar-refractivity contribution in [2.45, 2.75) is 22.7 Å². The Kier molecular flexibility index (Phi) is 8.99. The number of halogens is 2. The number of carbonyl (C=O) groups is 2. The lowest BCUT2D eigenvalue weighted by molar-refractivity contribution is -0.132. The number of hydrogen-bond donors (Lipinski definition) is 1. The topological polar surface area (TPSA) is 92.6 Å². The van der Waals surface area contributed by atoms with Crippen molar-refractivity contribution in [3.8, 4) is 5.75 Å². The molecule has 1 aliphatic rings. The van der Waals surface area contributed by atoms with E-state index in [1.807, 2.05) is 54.6 Å². The second-order valence-corrected chi connectivity index (χ2v) is 12.8. The summed E-state index contributed by atoms with van der Waals surface area (Å²) >= 11 is 14.7. The molecule has 4 aromatic carbocycles. The minimum atomic E-state index is -0.948. The lowest BCUT2D eigenvalue weighted by Gasteiger charge is -2.22. The molecule has 220 valence electrons. The van der Waals surface area contributed by atoms with E-state index >= 15 is 0 Å². The van der Waals surface area contributed by atoms with Crippen LogP contribution in [0.25, 0.3) is 5.76 Å². The number of ketones is 1. The number of nitrogens with zero attached hydrogens (tertiary/aromatic N) is 3. The summed E-state index contributed by atoms with van der Waals surface area (Å²) in [6, 6.07) is 29.8. The molecule has 11 heteroatoms. The van der Waals surface area contributed by atoms with Crippen LogP contribution in [0.2, 0.25) is 10.0 Å². The molecule has 0 saturated carbocycles. The molecule has 0 spiro atoms. The Labute approximate surface area is 271 Å². The monoisotopic (exact) mass is 659 g/mol. The first-order chi connectivity index (χ1) is 21.4. The van der Waals surface area contributed by atoms with Crippen LogP contribution in [0, 0.1) is 0 Å². The van der Waals surface area contributed by atoms with Crippen LogP contribution in [0.4, 0.5) is 5.13 Å². The van der Waals surface area contributed by atoms with Gasteiger partial charge in [0.1, 0.15) is 18.1 Å². The van der Waals surface area contributed by atoms with E-state index in [1.54, 1.807) is 48.5 Å². The maximum absolute atomic E-state index is 13.5. The quantitative estimate of drug-likeness (QED) is 0.0559. The Morgan fingerprint density at radius 1 is 0.841 bits per heavy atom. The molecule has 1 saturated heterocycles. The molecule has 1 fully saturated rings. The van der Waals surface area contributed by atoms with Crippen molar-refractivity contribution in [2.75, 3.05) is 4.90 Å². The standard InChI is InChI=1S/C33H23Cl2N3O4S2/c34-24-12-6-21(7-13-24)19-43-33-37-36-32(44-33)38-28(22-10-16-26(17-11-22)42-18-20-4-2-1-3-5-20)27(30(40)31(38)41)29(39)23-8-14-25(35)15-9-23/h1-17,28,39H,18-19H2/b29-27-. The lowest BCUT2D eigenvalue weighted by Crippen LogP contribution is -2.29. The molecule has 0 bridgehead atoms. The van der Waals surface area contributed by atoms with Gasteiger partial charge in [0.05, 0.1) is 11.6 Å². The Bertz CT molecular complexity index is 1830. The van der Waals surface area contributed by atoms with Crippen LogP contribution in [-0.2, 0) is 21.9 Å². The van der Waals surface area contributed by atoms with Crippen molar-refractivity contribution < 1.29 is 19.4 Å². The summed E-state index contributed by atoms with van der Waals surface area (Å²) in [5.74, 6) is -0.699. The number of benzene rings is 4. The minimum Gasteiger partial charge on any atom is -0.507 e. The van der Waals surface area contributed by atoms with Crippen molar-refractivity contribution >= 4 is 68.9 Å². The average Bonchev–Trinajstić information content (AvgIpc) is 3.62. The second-order valence-electron chi connectivity index (χ2n) is 9.78. The molecular formula is C33H23Cl2N3O4S2. The first-order valence-corrected chi connectivity index (χ1v) is 16.0. The van der Waals surface area contributed by atoms with Crippen LogP contribution in [0.1, 0.15) is 28.3 Å². The van der Waals surface area contributed by atoms with Gasteiger partial charge in [-0.05, 0) is 65.2 Å². The van der Waals surface area contributed by atoms with E-state index in [-0.39, 0.29) is 16.5 Å². The van der Waals surface area contributed by atoms with E-state index in [0.717, 1.165) is 11.1 Å². The van der Waals surface area contributed by atoms with Crippen LogP contribution < -0.4 is 9.64 Å². The fourth-order valence-corrected chi connectivity index (χ4v) is 6.75. The molecule has 1 N–H and O–H groups in total. The number of carbonyl (C=O) groups excluding carboxylic acids is 2. The van der Waals surface area contributed by atoms with Gasteiger partial charge in [0, 0.05) is 21.4 Å². The zero-order valence-electron chi connectivity index (χ0n) is 22.9. The predicted molar refractivity (Wildman–Crippen MR) is 174 cm³/mol. The maximum Gasteiger partial charge on any atom is 0.301 e. The summed E-state index contributed by atoms with van der Waals surface area (Å²) in [7, 11) is 0. The van der Waals surface area contributed by atoms with Crippen molar-refractivity contribution in [3.63, 3.8) is 0 Å². The summed E-state index contributed by atoms with van der Waals surface area (Å²) < 4.78 is 6.56. The molecule has 5 aromatic rings. The van der Waals surface area contributed by atoms with Crippen molar-refractivity contribution in [2.24, 2.45) is 0 Å². The molecule has 2 heterocycles. The molecule has 1 unspecified atom stereocenters. The average molecular weight is 661 g/mol. The van der Waals surface area contributed by atoms with E-state index < -0.39 is 17.7 Å². The Balaban J connectivity index is 1.33. The first-order valence-electron chi connectivity index (χ1n) is 13.4. The Hall–Kier alpha value is -4.15. The van der Waals surface area contributed by atoms with Gasteiger partial charge in [-0.25, -0.2) is 0 Å². The number of hydrogen-bond acceptors (Lipinski definition) is 8. The summed E-state index contributed by atoms with van der Waals surface area (Å²) in [5.41, 5.74) is 2.97. The zero-order chi connectivity index (χ0) is 30.6. The van der Waals surface area contributed by atoms with Gasteiger partial charge in [-0.1, -0.05) is 101 Å². The number of amides is 1. The van der Waals surface area contributed by atoms with Gasteiger partial charge in [0.15, 0.2) is 4.34 Å². The predicted octanol–water partition coefficient (Wildman–Crippen LogP) is 8.34. The fraction of sp³-hybridized carbons (Fsp3) is 0.0909. The highest BCUT2D eigenvalue weighted by Gasteiger charge is 2.48. The van der Waals surface area contributed by atoms with Gasteiger partial charge < -0.3 is 9.84 Å². The molecule has 44 heavy (non-hydrogen) atoms. The number of aromatic nitrogens is 2. The zero-order valence-corrected chi connectivity index (χ0v) is 26.0. The third-order valence-corrected chi connectivity index (χ3v) is 9.51. The number of thioether (sulfide) groups is 1. The van der Waals surface area contributed by atoms with Crippen molar-refractivity contribution in [1.29, 1.82) is 0 Å². The number of rotatable bonds is 9. The molecule has 0 aliphatic carbocycles. The van der Waals surface area contributed by atoms with E-state index in [9.17, 15) is 14.7 Å². The Morgan fingerprint density at radius 2 is 1.50 bits per heavy atom. The van der Waals surface area contributed by atoms with Gasteiger partial charge in [-0.2, -0.15) is 0 Å².